The molecule has 0 unspecified atom stereocenters. The molecule has 0 atom stereocenters. The lowest BCUT2D eigenvalue weighted by Gasteiger charge is -2.16. The summed E-state index contributed by atoms with van der Waals surface area (Å²) in [6.45, 7) is 5.34. The van der Waals surface area contributed by atoms with Crippen LogP contribution in [0.4, 0.5) is 4.79 Å². The lowest BCUT2D eigenvalue weighted by Crippen LogP contribution is -2.34. The first kappa shape index (κ1) is 18.0. The van der Waals surface area contributed by atoms with Gasteiger partial charge in [-0.25, -0.2) is 0 Å². The summed E-state index contributed by atoms with van der Waals surface area (Å²) in [6, 6.07) is 7.85. The zero-order valence-corrected chi connectivity index (χ0v) is 15.3. The van der Waals surface area contributed by atoms with E-state index in [2.05, 4.69) is 0 Å². The number of amides is 2. The van der Waals surface area contributed by atoms with Crippen molar-refractivity contribution in [3.63, 3.8) is 0 Å². The predicted octanol–water partition coefficient (Wildman–Crippen LogP) is 3.06. The molecule has 1 aromatic carbocycles. The maximum atomic E-state index is 12.3. The lowest BCUT2D eigenvalue weighted by atomic mass is 10.0. The van der Waals surface area contributed by atoms with Gasteiger partial charge in [0, 0.05) is 17.7 Å². The number of imide groups is 1. The summed E-state index contributed by atoms with van der Waals surface area (Å²) in [5.41, 5.74) is 1.57. The topological polar surface area (TPSA) is 90.6 Å². The van der Waals surface area contributed by atoms with Crippen molar-refractivity contribution in [3.8, 4) is 11.3 Å². The van der Waals surface area contributed by atoms with Gasteiger partial charge >= 0.3 is 0 Å². The molecule has 0 spiro atoms. The molecule has 0 bridgehead atoms. The van der Waals surface area contributed by atoms with Crippen LogP contribution in [0.5, 0.6) is 0 Å². The van der Waals surface area contributed by atoms with Gasteiger partial charge in [-0.05, 0) is 61.9 Å². The van der Waals surface area contributed by atoms with Crippen molar-refractivity contribution >= 4 is 35.0 Å². The lowest BCUT2D eigenvalue weighted by molar-refractivity contribution is -0.255. The number of hydrogen-bond acceptors (Lipinski definition) is 6. The normalized spacial score (nSPS) is 16.2. The van der Waals surface area contributed by atoms with E-state index in [0.717, 1.165) is 22.9 Å². The Bertz CT molecular complexity index is 941. The largest absolute Gasteiger partial charge is 0.545 e. The van der Waals surface area contributed by atoms with Crippen molar-refractivity contribution in [1.82, 2.24) is 4.90 Å². The van der Waals surface area contributed by atoms with Crippen LogP contribution in [0.1, 0.15) is 35.5 Å². The summed E-state index contributed by atoms with van der Waals surface area (Å²) in [5, 5.41) is 10.6. The summed E-state index contributed by atoms with van der Waals surface area (Å²) in [5.74, 6) is -0.581. The van der Waals surface area contributed by atoms with Crippen LogP contribution >= 0.6 is 11.8 Å². The minimum Gasteiger partial charge on any atom is -0.545 e. The molecule has 0 saturated carbocycles. The molecule has 7 heteroatoms. The van der Waals surface area contributed by atoms with Gasteiger partial charge in [0.1, 0.15) is 11.5 Å². The Labute approximate surface area is 154 Å². The summed E-state index contributed by atoms with van der Waals surface area (Å²) in [7, 11) is 0. The molecule has 0 aliphatic carbocycles. The number of carbonyl (C=O) groups is 3. The number of furan rings is 1. The van der Waals surface area contributed by atoms with Gasteiger partial charge in [0.15, 0.2) is 0 Å². The molecule has 0 radical (unpaired) electrons. The van der Waals surface area contributed by atoms with Crippen molar-refractivity contribution in [2.45, 2.75) is 26.8 Å². The second-order valence-corrected chi connectivity index (χ2v) is 7.16. The van der Waals surface area contributed by atoms with E-state index in [1.807, 2.05) is 0 Å². The SMILES string of the molecule is Cc1cc(C(=O)[O-])ccc1-c1ccc(/C=C2/SC(=O)N(C(C)C)C2=O)o1. The molecule has 2 amide bonds. The van der Waals surface area contributed by atoms with Crippen molar-refractivity contribution in [2.24, 2.45) is 0 Å². The van der Waals surface area contributed by atoms with E-state index in [-0.39, 0.29) is 22.8 Å². The summed E-state index contributed by atoms with van der Waals surface area (Å²) < 4.78 is 5.76. The fourth-order valence-electron chi connectivity index (χ4n) is 2.70. The van der Waals surface area contributed by atoms with Gasteiger partial charge < -0.3 is 14.3 Å². The first-order valence-corrected chi connectivity index (χ1v) is 8.79. The number of hydrogen-bond donors (Lipinski definition) is 0. The zero-order chi connectivity index (χ0) is 19.0. The van der Waals surface area contributed by atoms with E-state index in [1.165, 1.54) is 17.0 Å². The van der Waals surface area contributed by atoms with Crippen LogP contribution in [0.15, 0.2) is 39.7 Å². The maximum Gasteiger partial charge on any atom is 0.293 e. The second-order valence-electron chi connectivity index (χ2n) is 6.16. The van der Waals surface area contributed by atoms with Crippen molar-refractivity contribution in [1.29, 1.82) is 0 Å². The number of carboxylic acids is 1. The quantitative estimate of drug-likeness (QED) is 0.768. The first-order chi connectivity index (χ1) is 12.3. The van der Waals surface area contributed by atoms with Gasteiger partial charge in [0.05, 0.1) is 10.9 Å². The van der Waals surface area contributed by atoms with Crippen LogP contribution in [0, 0.1) is 6.92 Å². The molecule has 1 aliphatic heterocycles. The van der Waals surface area contributed by atoms with Gasteiger partial charge in [-0.3, -0.25) is 14.5 Å². The van der Waals surface area contributed by atoms with E-state index in [0.29, 0.717) is 16.4 Å². The molecular formula is C19H16NO5S-. The van der Waals surface area contributed by atoms with E-state index in [9.17, 15) is 19.5 Å². The van der Waals surface area contributed by atoms with Gasteiger partial charge in [0.2, 0.25) is 0 Å². The van der Waals surface area contributed by atoms with Crippen molar-refractivity contribution in [3.05, 3.63) is 52.1 Å². The number of carboxylic acid groups (broad SMARTS) is 1. The molecule has 6 nitrogen and oxygen atoms in total. The Balaban J connectivity index is 1.88. The van der Waals surface area contributed by atoms with Crippen molar-refractivity contribution < 1.29 is 23.9 Å². The van der Waals surface area contributed by atoms with Crippen LogP contribution in [0.2, 0.25) is 0 Å². The average Bonchev–Trinajstić information content (AvgIpc) is 3.12. The molecule has 2 aromatic rings. The number of carbonyl (C=O) groups excluding carboxylic acids is 3. The molecule has 134 valence electrons. The highest BCUT2D eigenvalue weighted by molar-refractivity contribution is 8.18. The minimum atomic E-state index is -1.24. The number of nitrogens with zero attached hydrogens (tertiary/aromatic N) is 1. The summed E-state index contributed by atoms with van der Waals surface area (Å²) in [6.07, 6.45) is 1.54. The third-order valence-corrected chi connectivity index (χ3v) is 4.85. The van der Waals surface area contributed by atoms with E-state index in [1.54, 1.807) is 45.0 Å². The number of aryl methyl sites for hydroxylation is 1. The van der Waals surface area contributed by atoms with E-state index in [4.69, 9.17) is 4.42 Å². The highest BCUT2D eigenvalue weighted by Crippen LogP contribution is 2.34. The molecule has 1 saturated heterocycles. The molecule has 1 fully saturated rings. The Hall–Kier alpha value is -2.80. The van der Waals surface area contributed by atoms with Crippen LogP contribution in [0.25, 0.3) is 17.4 Å². The Morgan fingerprint density at radius 3 is 2.54 bits per heavy atom. The Morgan fingerprint density at radius 2 is 1.96 bits per heavy atom. The number of rotatable bonds is 4. The number of thioether (sulfide) groups is 1. The number of benzene rings is 1. The molecular weight excluding hydrogens is 354 g/mol. The molecule has 1 aromatic heterocycles. The maximum absolute atomic E-state index is 12.3. The average molecular weight is 370 g/mol. The van der Waals surface area contributed by atoms with Crippen molar-refractivity contribution in [2.75, 3.05) is 0 Å². The Kier molecular flexibility index (Phi) is 4.73. The monoisotopic (exact) mass is 370 g/mol. The molecule has 3 rings (SSSR count). The molecule has 1 aliphatic rings. The third kappa shape index (κ3) is 3.30. The number of aromatic carboxylic acids is 1. The summed E-state index contributed by atoms with van der Waals surface area (Å²) in [4.78, 5) is 36.7. The molecule has 0 N–H and O–H groups in total. The van der Waals surface area contributed by atoms with Gasteiger partial charge in [-0.15, -0.1) is 0 Å². The van der Waals surface area contributed by atoms with Crippen LogP contribution in [-0.4, -0.2) is 28.1 Å². The molecule has 2 heterocycles. The highest BCUT2D eigenvalue weighted by Gasteiger charge is 2.36. The van der Waals surface area contributed by atoms with Gasteiger partial charge in [0.25, 0.3) is 11.1 Å². The summed E-state index contributed by atoms with van der Waals surface area (Å²) >= 11 is 0.885. The third-order valence-electron chi connectivity index (χ3n) is 3.97. The standard InChI is InChI=1S/C19H17NO5S/c1-10(2)20-17(21)16(26-19(20)24)9-13-5-7-15(25-13)14-6-4-12(18(22)23)8-11(14)3/h4-10H,1-3H3,(H,22,23)/p-1/b16-9+. The molecule has 26 heavy (non-hydrogen) atoms. The van der Waals surface area contributed by atoms with Crippen LogP contribution in [-0.2, 0) is 4.79 Å². The van der Waals surface area contributed by atoms with Crippen LogP contribution in [0.3, 0.4) is 0 Å². The van der Waals surface area contributed by atoms with E-state index < -0.39 is 5.97 Å². The van der Waals surface area contributed by atoms with Crippen LogP contribution < -0.4 is 5.11 Å². The smallest absolute Gasteiger partial charge is 0.293 e. The Morgan fingerprint density at radius 1 is 1.23 bits per heavy atom. The predicted molar refractivity (Wildman–Crippen MR) is 96.2 cm³/mol. The first-order valence-electron chi connectivity index (χ1n) is 7.97. The van der Waals surface area contributed by atoms with Gasteiger partial charge in [-0.1, -0.05) is 12.1 Å². The van der Waals surface area contributed by atoms with Gasteiger partial charge in [-0.2, -0.15) is 0 Å². The zero-order valence-electron chi connectivity index (χ0n) is 14.4. The fraction of sp³-hybridized carbons (Fsp3) is 0.211. The second kappa shape index (κ2) is 6.84. The van der Waals surface area contributed by atoms with E-state index >= 15 is 0 Å². The minimum absolute atomic E-state index is 0.0976. The highest BCUT2D eigenvalue weighted by atomic mass is 32.2. The fourth-order valence-corrected chi connectivity index (χ4v) is 3.64.